The molecule has 8 nitrogen and oxygen atoms in total. The number of aromatic nitrogens is 2. The highest BCUT2D eigenvalue weighted by atomic mass is 32.1. The highest BCUT2D eigenvalue weighted by Crippen LogP contribution is 2.28. The molecular weight excluding hydrogens is 418 g/mol. The van der Waals surface area contributed by atoms with Crippen molar-refractivity contribution in [2.24, 2.45) is 0 Å². The van der Waals surface area contributed by atoms with Crippen LogP contribution in [0.2, 0.25) is 0 Å². The molecule has 0 aliphatic carbocycles. The van der Waals surface area contributed by atoms with Gasteiger partial charge in [0.05, 0.1) is 18.4 Å². The van der Waals surface area contributed by atoms with E-state index >= 15 is 0 Å². The van der Waals surface area contributed by atoms with Gasteiger partial charge in [0, 0.05) is 10.9 Å². The van der Waals surface area contributed by atoms with Crippen LogP contribution in [-0.4, -0.2) is 35.1 Å². The number of oxazole rings is 1. The Morgan fingerprint density at radius 2 is 2.06 bits per heavy atom. The molecule has 4 aromatic rings. The molecule has 1 atom stereocenters. The lowest BCUT2D eigenvalue weighted by Crippen LogP contribution is -2.32. The van der Waals surface area contributed by atoms with Crippen LogP contribution >= 0.6 is 11.3 Å². The van der Waals surface area contributed by atoms with Crippen molar-refractivity contribution in [1.82, 2.24) is 9.97 Å². The van der Waals surface area contributed by atoms with Gasteiger partial charge < -0.3 is 13.9 Å². The lowest BCUT2D eigenvalue weighted by atomic mass is 10.2. The zero-order chi connectivity index (χ0) is 21.8. The van der Waals surface area contributed by atoms with Gasteiger partial charge >= 0.3 is 5.97 Å². The number of nitrogens with zero attached hydrogens (tertiary/aromatic N) is 2. The van der Waals surface area contributed by atoms with Crippen LogP contribution in [-0.2, 0) is 9.53 Å². The minimum Gasteiger partial charge on any atom is -0.497 e. The molecule has 1 unspecified atom stereocenters. The van der Waals surface area contributed by atoms with Gasteiger partial charge in [0.15, 0.2) is 23.2 Å². The molecule has 0 aliphatic rings. The van der Waals surface area contributed by atoms with Gasteiger partial charge in [-0.1, -0.05) is 25.1 Å². The SMILES string of the molecule is CCC(OC(=O)c1cccc2ocnc12)C(=O)Nc1nc(-c2cccc(OC)c2)cs1. The number of carbonyl (C=O) groups excluding carboxylic acids is 2. The Hall–Kier alpha value is -3.72. The van der Waals surface area contributed by atoms with Crippen LogP contribution in [0.25, 0.3) is 22.4 Å². The Morgan fingerprint density at radius 1 is 1.23 bits per heavy atom. The fourth-order valence-corrected chi connectivity index (χ4v) is 3.72. The van der Waals surface area contributed by atoms with Gasteiger partial charge in [0.1, 0.15) is 11.3 Å². The normalized spacial score (nSPS) is 11.8. The molecule has 0 spiro atoms. The molecule has 2 aromatic heterocycles. The lowest BCUT2D eigenvalue weighted by molar-refractivity contribution is -0.124. The summed E-state index contributed by atoms with van der Waals surface area (Å²) in [5.74, 6) is -0.372. The number of ether oxygens (including phenoxy) is 2. The predicted molar refractivity (Wildman–Crippen MR) is 116 cm³/mol. The molecule has 31 heavy (non-hydrogen) atoms. The van der Waals surface area contributed by atoms with E-state index in [1.165, 1.54) is 17.7 Å². The Kier molecular flexibility index (Phi) is 5.94. The lowest BCUT2D eigenvalue weighted by Gasteiger charge is -2.15. The number of nitrogens with one attached hydrogen (secondary N) is 1. The zero-order valence-corrected chi connectivity index (χ0v) is 17.6. The molecule has 0 bridgehead atoms. The fourth-order valence-electron chi connectivity index (χ4n) is 3.00. The first-order chi connectivity index (χ1) is 15.1. The molecule has 0 aliphatic heterocycles. The second-order valence-corrected chi connectivity index (χ2v) is 7.42. The third-order valence-electron chi connectivity index (χ3n) is 4.59. The van der Waals surface area contributed by atoms with Crippen LogP contribution < -0.4 is 10.1 Å². The summed E-state index contributed by atoms with van der Waals surface area (Å²) in [6.45, 7) is 1.76. The standard InChI is InChI=1S/C22H19N3O5S/c1-3-17(30-21(27)15-8-5-9-18-19(15)23-12-29-18)20(26)25-22-24-16(11-31-22)13-6-4-7-14(10-13)28-2/h4-12,17H,3H2,1-2H3,(H,24,25,26). The Bertz CT molecular complexity index is 1230. The number of carbonyl (C=O) groups is 2. The minimum atomic E-state index is -0.973. The summed E-state index contributed by atoms with van der Waals surface area (Å²) in [7, 11) is 1.60. The van der Waals surface area contributed by atoms with E-state index in [-0.39, 0.29) is 5.56 Å². The van der Waals surface area contributed by atoms with Gasteiger partial charge in [0.2, 0.25) is 0 Å². The van der Waals surface area contributed by atoms with Crippen molar-refractivity contribution in [2.45, 2.75) is 19.4 Å². The summed E-state index contributed by atoms with van der Waals surface area (Å²) < 4.78 is 15.9. The maximum Gasteiger partial charge on any atom is 0.341 e. The second-order valence-electron chi connectivity index (χ2n) is 6.57. The molecule has 0 radical (unpaired) electrons. The van der Waals surface area contributed by atoms with Crippen LogP contribution in [0, 0.1) is 0 Å². The highest BCUT2D eigenvalue weighted by molar-refractivity contribution is 7.14. The van der Waals surface area contributed by atoms with Gasteiger partial charge in [-0.25, -0.2) is 14.8 Å². The first kappa shape index (κ1) is 20.5. The number of thiazole rings is 1. The molecular formula is C22H19N3O5S. The first-order valence-corrected chi connectivity index (χ1v) is 10.4. The van der Waals surface area contributed by atoms with Crippen molar-refractivity contribution in [3.8, 4) is 17.0 Å². The minimum absolute atomic E-state index is 0.243. The fraction of sp³-hybridized carbons (Fsp3) is 0.182. The van der Waals surface area contributed by atoms with E-state index in [1.54, 1.807) is 32.2 Å². The van der Waals surface area contributed by atoms with E-state index < -0.39 is 18.0 Å². The molecule has 1 N–H and O–H groups in total. The molecule has 0 saturated carbocycles. The molecule has 4 rings (SSSR count). The molecule has 2 aromatic carbocycles. The monoisotopic (exact) mass is 437 g/mol. The van der Waals surface area contributed by atoms with Crippen molar-refractivity contribution in [2.75, 3.05) is 12.4 Å². The third-order valence-corrected chi connectivity index (χ3v) is 5.35. The average Bonchev–Trinajstić information content (AvgIpc) is 3.46. The topological polar surface area (TPSA) is 104 Å². The third kappa shape index (κ3) is 4.41. The largest absolute Gasteiger partial charge is 0.497 e. The Labute approximate surface area is 181 Å². The van der Waals surface area contributed by atoms with Crippen LogP contribution in [0.4, 0.5) is 5.13 Å². The molecule has 9 heteroatoms. The van der Waals surface area contributed by atoms with E-state index in [0.29, 0.717) is 28.3 Å². The maximum atomic E-state index is 12.7. The molecule has 158 valence electrons. The van der Waals surface area contributed by atoms with Gasteiger partial charge in [-0.3, -0.25) is 10.1 Å². The van der Waals surface area contributed by atoms with Gasteiger partial charge in [-0.2, -0.15) is 0 Å². The smallest absolute Gasteiger partial charge is 0.341 e. The Morgan fingerprint density at radius 3 is 2.87 bits per heavy atom. The van der Waals surface area contributed by atoms with E-state index in [9.17, 15) is 9.59 Å². The average molecular weight is 437 g/mol. The number of methoxy groups -OCH3 is 1. The van der Waals surface area contributed by atoms with Crippen LogP contribution in [0.1, 0.15) is 23.7 Å². The summed E-state index contributed by atoms with van der Waals surface area (Å²) in [6, 6.07) is 12.4. The highest BCUT2D eigenvalue weighted by Gasteiger charge is 2.24. The first-order valence-electron chi connectivity index (χ1n) is 9.53. The van der Waals surface area contributed by atoms with Crippen LogP contribution in [0.15, 0.2) is 58.7 Å². The van der Waals surface area contributed by atoms with Gasteiger partial charge in [-0.15, -0.1) is 11.3 Å². The molecule has 2 heterocycles. The summed E-state index contributed by atoms with van der Waals surface area (Å²) in [5, 5.41) is 4.98. The summed E-state index contributed by atoms with van der Waals surface area (Å²) in [5.41, 5.74) is 2.69. The van der Waals surface area contributed by atoms with Crippen molar-refractivity contribution in [3.05, 3.63) is 59.8 Å². The number of benzene rings is 2. The number of hydrogen-bond donors (Lipinski definition) is 1. The van der Waals surface area contributed by atoms with E-state index in [0.717, 1.165) is 11.3 Å². The van der Waals surface area contributed by atoms with Crippen molar-refractivity contribution < 1.29 is 23.5 Å². The number of rotatable bonds is 7. The van der Waals surface area contributed by atoms with Gasteiger partial charge in [0.25, 0.3) is 5.91 Å². The van der Waals surface area contributed by atoms with E-state index in [1.807, 2.05) is 29.6 Å². The number of amides is 1. The van der Waals surface area contributed by atoms with Crippen molar-refractivity contribution in [1.29, 1.82) is 0 Å². The summed E-state index contributed by atoms with van der Waals surface area (Å²) >= 11 is 1.29. The quantitative estimate of drug-likeness (QED) is 0.424. The summed E-state index contributed by atoms with van der Waals surface area (Å²) in [6.07, 6.45) is 0.590. The Balaban J connectivity index is 1.45. The molecule has 1 amide bonds. The number of fused-ring (bicyclic) bond motifs is 1. The van der Waals surface area contributed by atoms with Crippen molar-refractivity contribution >= 4 is 39.4 Å². The number of para-hydroxylation sites is 1. The molecule has 0 fully saturated rings. The van der Waals surface area contributed by atoms with Crippen LogP contribution in [0.5, 0.6) is 5.75 Å². The van der Waals surface area contributed by atoms with Crippen molar-refractivity contribution in [3.63, 3.8) is 0 Å². The zero-order valence-electron chi connectivity index (χ0n) is 16.8. The number of anilines is 1. The number of hydrogen-bond acceptors (Lipinski definition) is 8. The van der Waals surface area contributed by atoms with E-state index in [2.05, 4.69) is 15.3 Å². The van der Waals surface area contributed by atoms with E-state index in [4.69, 9.17) is 13.9 Å². The second kappa shape index (κ2) is 8.97. The summed E-state index contributed by atoms with van der Waals surface area (Å²) in [4.78, 5) is 33.8. The predicted octanol–water partition coefficient (Wildman–Crippen LogP) is 4.53. The maximum absolute atomic E-state index is 12.7. The van der Waals surface area contributed by atoms with Gasteiger partial charge in [-0.05, 0) is 30.7 Å². The van der Waals surface area contributed by atoms with Crippen LogP contribution in [0.3, 0.4) is 0 Å². The molecule has 0 saturated heterocycles. The number of esters is 1.